The van der Waals surface area contributed by atoms with E-state index in [9.17, 15) is 0 Å². The minimum absolute atomic E-state index is 0.0860. The summed E-state index contributed by atoms with van der Waals surface area (Å²) < 4.78 is 0. The van der Waals surface area contributed by atoms with E-state index in [-0.39, 0.29) is 6.85 Å². The Labute approximate surface area is 243 Å². The number of anilines is 1. The van der Waals surface area contributed by atoms with Crippen molar-refractivity contribution in [2.24, 2.45) is 0 Å². The highest BCUT2D eigenvalue weighted by Gasteiger charge is 2.33. The van der Waals surface area contributed by atoms with E-state index in [1.807, 2.05) is 36.4 Å². The van der Waals surface area contributed by atoms with Gasteiger partial charge in [-0.25, -0.2) is 15.0 Å². The lowest BCUT2D eigenvalue weighted by molar-refractivity contribution is 1.05. The Kier molecular flexibility index (Phi) is 5.78. The Balaban J connectivity index is 1.28. The van der Waals surface area contributed by atoms with Gasteiger partial charge in [0, 0.05) is 29.2 Å². The standard InChI is InChI=1S/C35H23BN6/c1-2-10-24(11-3-1)25-14-16-27-28-17-15-26(23-32(28)42-21-9-6-18-36(42)29(27)22-25)33-39-34(30-12-4-7-19-37-30)41-35(40-33)31-13-5-8-20-38-31/h1-23H. The molecule has 0 radical (unpaired) electrons. The molecule has 7 heteroatoms. The van der Waals surface area contributed by atoms with Gasteiger partial charge in [-0.15, -0.1) is 0 Å². The second kappa shape index (κ2) is 10.1. The summed E-state index contributed by atoms with van der Waals surface area (Å²) in [6.07, 6.45) is 9.85. The van der Waals surface area contributed by atoms with Crippen LogP contribution in [-0.2, 0) is 0 Å². The molecule has 3 aromatic carbocycles. The van der Waals surface area contributed by atoms with Crippen LogP contribution in [0.3, 0.4) is 0 Å². The van der Waals surface area contributed by atoms with E-state index < -0.39 is 0 Å². The maximum Gasteiger partial charge on any atom is 0.320 e. The lowest BCUT2D eigenvalue weighted by Gasteiger charge is -2.36. The zero-order valence-corrected chi connectivity index (χ0v) is 22.5. The molecule has 8 rings (SSSR count). The van der Waals surface area contributed by atoms with Gasteiger partial charge in [0.1, 0.15) is 11.4 Å². The van der Waals surface area contributed by atoms with Crippen molar-refractivity contribution in [1.29, 1.82) is 0 Å². The zero-order valence-electron chi connectivity index (χ0n) is 22.5. The molecule has 0 aliphatic carbocycles. The van der Waals surface area contributed by atoms with Crippen molar-refractivity contribution in [2.45, 2.75) is 0 Å². The number of nitrogens with zero attached hydrogens (tertiary/aromatic N) is 6. The summed E-state index contributed by atoms with van der Waals surface area (Å²) in [7, 11) is 0. The zero-order chi connectivity index (χ0) is 27.9. The maximum absolute atomic E-state index is 4.88. The molecular formula is C35H23BN6. The average molecular weight is 538 g/mol. The Morgan fingerprint density at radius 3 is 1.90 bits per heavy atom. The van der Waals surface area contributed by atoms with Crippen molar-refractivity contribution < 1.29 is 0 Å². The molecule has 0 N–H and O–H groups in total. The fraction of sp³-hybridized carbons (Fsp3) is 0. The smallest absolute Gasteiger partial charge is 0.320 e. The SMILES string of the molecule is C1=CB2c3cc(-c4ccccc4)ccc3-c3ccc(-c4nc(-c5ccccn5)nc(-c5ccccn5)n4)cc3N2C=C1. The number of aromatic nitrogens is 5. The number of benzene rings is 3. The van der Waals surface area contributed by atoms with Crippen LogP contribution in [0.1, 0.15) is 0 Å². The van der Waals surface area contributed by atoms with Crippen molar-refractivity contribution in [3.8, 4) is 56.7 Å². The third-order valence-corrected chi connectivity index (χ3v) is 7.68. The van der Waals surface area contributed by atoms with Crippen LogP contribution in [0.25, 0.3) is 56.7 Å². The van der Waals surface area contributed by atoms with E-state index in [0.717, 1.165) is 11.3 Å². The summed E-state index contributed by atoms with van der Waals surface area (Å²) in [5, 5.41) is 0. The normalized spacial score (nSPS) is 13.0. The molecule has 6 aromatic rings. The van der Waals surface area contributed by atoms with E-state index in [1.165, 1.54) is 27.7 Å². The number of hydrogen-bond donors (Lipinski definition) is 0. The molecule has 0 fully saturated rings. The molecule has 0 saturated carbocycles. The number of fused-ring (bicyclic) bond motifs is 6. The van der Waals surface area contributed by atoms with E-state index in [1.54, 1.807) is 12.4 Å². The predicted molar refractivity (Wildman–Crippen MR) is 169 cm³/mol. The predicted octanol–water partition coefficient (Wildman–Crippen LogP) is 6.64. The number of hydrogen-bond acceptors (Lipinski definition) is 6. The fourth-order valence-electron chi connectivity index (χ4n) is 5.68. The van der Waals surface area contributed by atoms with Crippen molar-refractivity contribution >= 4 is 18.0 Å². The highest BCUT2D eigenvalue weighted by Crippen LogP contribution is 2.40. The number of rotatable bonds is 4. The molecule has 2 aliphatic rings. The Bertz CT molecular complexity index is 1930. The van der Waals surface area contributed by atoms with Gasteiger partial charge >= 0.3 is 6.85 Å². The molecule has 2 aliphatic heterocycles. The number of pyridine rings is 2. The molecule has 0 amide bonds. The van der Waals surface area contributed by atoms with Crippen molar-refractivity contribution in [2.75, 3.05) is 4.81 Å². The molecule has 0 atom stereocenters. The van der Waals surface area contributed by atoms with Crippen LogP contribution in [0.4, 0.5) is 5.69 Å². The molecule has 0 spiro atoms. The van der Waals surface area contributed by atoms with E-state index >= 15 is 0 Å². The van der Waals surface area contributed by atoms with E-state index in [2.05, 4.69) is 106 Å². The topological polar surface area (TPSA) is 67.7 Å². The van der Waals surface area contributed by atoms with Gasteiger partial charge in [-0.2, -0.15) is 0 Å². The van der Waals surface area contributed by atoms with Crippen molar-refractivity contribution in [1.82, 2.24) is 24.9 Å². The molecule has 6 nitrogen and oxygen atoms in total. The third-order valence-electron chi connectivity index (χ3n) is 7.68. The third kappa shape index (κ3) is 4.19. The van der Waals surface area contributed by atoms with Crippen LogP contribution in [0.2, 0.25) is 0 Å². The van der Waals surface area contributed by atoms with Crippen LogP contribution < -0.4 is 10.3 Å². The first-order valence-electron chi connectivity index (χ1n) is 13.9. The van der Waals surface area contributed by atoms with Gasteiger partial charge in [0.25, 0.3) is 0 Å². The van der Waals surface area contributed by atoms with Gasteiger partial charge in [-0.1, -0.05) is 84.8 Å². The minimum atomic E-state index is 0.0860. The summed E-state index contributed by atoms with van der Waals surface area (Å²) in [6.45, 7) is 0.0860. The van der Waals surface area contributed by atoms with Gasteiger partial charge in [-0.3, -0.25) is 9.97 Å². The monoisotopic (exact) mass is 538 g/mol. The first kappa shape index (κ1) is 24.1. The second-order valence-electron chi connectivity index (χ2n) is 10.2. The molecule has 5 heterocycles. The molecule has 0 unspecified atom stereocenters. The Hall–Kier alpha value is -5.69. The molecule has 0 saturated heterocycles. The molecule has 42 heavy (non-hydrogen) atoms. The molecular weight excluding hydrogens is 515 g/mol. The van der Waals surface area contributed by atoms with Crippen LogP contribution in [0.15, 0.2) is 140 Å². The summed E-state index contributed by atoms with van der Waals surface area (Å²) in [5.41, 5.74) is 9.50. The Morgan fingerprint density at radius 2 is 1.19 bits per heavy atom. The van der Waals surface area contributed by atoms with Gasteiger partial charge in [0.05, 0.1) is 0 Å². The molecule has 3 aromatic heterocycles. The first-order chi connectivity index (χ1) is 20.8. The highest BCUT2D eigenvalue weighted by atomic mass is 15.1. The van der Waals surface area contributed by atoms with Gasteiger partial charge in [0.2, 0.25) is 0 Å². The van der Waals surface area contributed by atoms with Crippen LogP contribution in [-0.4, -0.2) is 31.8 Å². The average Bonchev–Trinajstić information content (AvgIpc) is 3.09. The second-order valence-corrected chi connectivity index (χ2v) is 10.2. The van der Waals surface area contributed by atoms with Crippen molar-refractivity contribution in [3.05, 3.63) is 140 Å². The van der Waals surface area contributed by atoms with Crippen LogP contribution in [0, 0.1) is 0 Å². The van der Waals surface area contributed by atoms with E-state index in [0.29, 0.717) is 28.9 Å². The summed E-state index contributed by atoms with van der Waals surface area (Å²) in [5.74, 6) is 3.85. The van der Waals surface area contributed by atoms with Gasteiger partial charge < -0.3 is 4.81 Å². The summed E-state index contributed by atoms with van der Waals surface area (Å²) in [4.78, 5) is 25.8. The Morgan fingerprint density at radius 1 is 0.524 bits per heavy atom. The minimum Gasteiger partial charge on any atom is -0.383 e. The summed E-state index contributed by atoms with van der Waals surface area (Å²) >= 11 is 0. The first-order valence-corrected chi connectivity index (χ1v) is 13.9. The fourth-order valence-corrected chi connectivity index (χ4v) is 5.68. The van der Waals surface area contributed by atoms with E-state index in [4.69, 9.17) is 15.0 Å². The van der Waals surface area contributed by atoms with Crippen molar-refractivity contribution in [3.63, 3.8) is 0 Å². The highest BCUT2D eigenvalue weighted by molar-refractivity contribution is 6.83. The molecule has 0 bridgehead atoms. The van der Waals surface area contributed by atoms with Crippen LogP contribution in [0.5, 0.6) is 0 Å². The largest absolute Gasteiger partial charge is 0.383 e. The molecule has 196 valence electrons. The van der Waals surface area contributed by atoms with Gasteiger partial charge in [0.15, 0.2) is 17.5 Å². The summed E-state index contributed by atoms with van der Waals surface area (Å²) in [6, 6.07) is 35.2. The number of allylic oxidation sites excluding steroid dienone is 2. The lowest BCUT2D eigenvalue weighted by atomic mass is 9.49. The lowest BCUT2D eigenvalue weighted by Crippen LogP contribution is -2.49. The van der Waals surface area contributed by atoms with Crippen LogP contribution >= 0.6 is 0 Å². The maximum atomic E-state index is 4.88. The quantitative estimate of drug-likeness (QED) is 0.235. The van der Waals surface area contributed by atoms with Gasteiger partial charge in [-0.05, 0) is 64.8 Å².